The van der Waals surface area contributed by atoms with Crippen LogP contribution in [0.25, 0.3) is 0 Å². The van der Waals surface area contributed by atoms with Crippen molar-refractivity contribution in [1.29, 1.82) is 0 Å². The molecule has 2 aromatic carbocycles. The smallest absolute Gasteiger partial charge is 0.408 e. The lowest BCUT2D eigenvalue weighted by Crippen LogP contribution is -2.53. The maximum absolute atomic E-state index is 14.1. The molecule has 1 saturated carbocycles. The molecule has 0 saturated heterocycles. The molecule has 9 nitrogen and oxygen atoms in total. The third-order valence-corrected chi connectivity index (χ3v) is 6.43. The number of hydrogen-bond acceptors (Lipinski definition) is 6. The van der Waals surface area contributed by atoms with Gasteiger partial charge >= 0.3 is 12.1 Å². The molecular weight excluding hydrogens is 522 g/mol. The Hall–Kier alpha value is -3.88. The molecule has 4 unspecified atom stereocenters. The second-order valence-electron chi connectivity index (χ2n) is 12.5. The number of nitrogens with one attached hydrogen (secondary N) is 2. The number of carbonyl (C=O) groups excluding carboxylic acids is 4. The van der Waals surface area contributed by atoms with E-state index in [4.69, 9.17) is 9.47 Å². The van der Waals surface area contributed by atoms with Crippen LogP contribution in [0.2, 0.25) is 0 Å². The predicted octanol–water partition coefficient (Wildman–Crippen LogP) is 4.56. The minimum Gasteiger partial charge on any atom is -0.458 e. The summed E-state index contributed by atoms with van der Waals surface area (Å²) in [5, 5.41) is 5.42. The molecule has 9 heteroatoms. The van der Waals surface area contributed by atoms with Gasteiger partial charge in [-0.15, -0.1) is 0 Å². The van der Waals surface area contributed by atoms with Crippen LogP contribution in [-0.2, 0) is 30.3 Å². The van der Waals surface area contributed by atoms with Crippen LogP contribution in [0.3, 0.4) is 0 Å². The van der Waals surface area contributed by atoms with Gasteiger partial charge in [0, 0.05) is 12.5 Å². The molecule has 0 radical (unpaired) electrons. The second-order valence-corrected chi connectivity index (χ2v) is 12.5. The van der Waals surface area contributed by atoms with Gasteiger partial charge in [0.15, 0.2) is 0 Å². The molecule has 222 valence electrons. The van der Waals surface area contributed by atoms with Crippen LogP contribution < -0.4 is 10.6 Å². The number of benzene rings is 2. The van der Waals surface area contributed by atoms with Crippen molar-refractivity contribution >= 4 is 23.9 Å². The standard InChI is InChI=1S/C32H43N3O6/c1-21-18-25(21)35(26(36)20-33-30(39)41-32(5,6)7)27(23-16-12-9-13-17-23)28(37)34-24(29(38)40-31(2,3)4)19-22-14-10-8-11-15-22/h8-17,21,24-25,27H,18-20H2,1-7H3,(H,33,39)(H,34,37). The van der Waals surface area contributed by atoms with Crippen LogP contribution in [0.5, 0.6) is 0 Å². The molecular formula is C32H43N3O6. The van der Waals surface area contributed by atoms with Gasteiger partial charge in [-0.25, -0.2) is 9.59 Å². The van der Waals surface area contributed by atoms with E-state index in [1.54, 1.807) is 65.8 Å². The van der Waals surface area contributed by atoms with Gasteiger partial charge in [0.2, 0.25) is 11.8 Å². The Morgan fingerprint density at radius 2 is 1.41 bits per heavy atom. The Bertz CT molecular complexity index is 1200. The van der Waals surface area contributed by atoms with Crippen LogP contribution in [0.1, 0.15) is 72.1 Å². The molecule has 2 N–H and O–H groups in total. The number of alkyl carbamates (subject to hydrolysis) is 1. The molecule has 0 spiro atoms. The van der Waals surface area contributed by atoms with E-state index in [1.165, 1.54) is 4.90 Å². The van der Waals surface area contributed by atoms with Gasteiger partial charge in [0.1, 0.15) is 29.8 Å². The Balaban J connectivity index is 1.91. The van der Waals surface area contributed by atoms with Crippen molar-refractivity contribution in [2.45, 2.75) is 90.6 Å². The molecule has 0 aliphatic heterocycles. The van der Waals surface area contributed by atoms with Gasteiger partial charge in [-0.1, -0.05) is 67.6 Å². The first kappa shape index (κ1) is 31.6. The van der Waals surface area contributed by atoms with E-state index >= 15 is 0 Å². The topological polar surface area (TPSA) is 114 Å². The summed E-state index contributed by atoms with van der Waals surface area (Å²) in [4.78, 5) is 54.8. The van der Waals surface area contributed by atoms with E-state index in [0.29, 0.717) is 12.0 Å². The van der Waals surface area contributed by atoms with Crippen LogP contribution >= 0.6 is 0 Å². The third-order valence-electron chi connectivity index (χ3n) is 6.43. The van der Waals surface area contributed by atoms with Gasteiger partial charge in [0.05, 0.1) is 0 Å². The zero-order chi connectivity index (χ0) is 30.4. The number of ether oxygens (including phenoxy) is 2. The van der Waals surface area contributed by atoms with Gasteiger partial charge in [-0.05, 0) is 65.0 Å². The first-order chi connectivity index (χ1) is 19.1. The zero-order valence-corrected chi connectivity index (χ0v) is 25.1. The van der Waals surface area contributed by atoms with E-state index in [-0.39, 0.29) is 24.9 Å². The molecule has 1 aliphatic rings. The van der Waals surface area contributed by atoms with Gasteiger partial charge in [0.25, 0.3) is 0 Å². The van der Waals surface area contributed by atoms with E-state index < -0.39 is 47.2 Å². The van der Waals surface area contributed by atoms with E-state index in [0.717, 1.165) is 5.56 Å². The summed E-state index contributed by atoms with van der Waals surface area (Å²) in [5.41, 5.74) is -0.0313. The molecule has 4 atom stereocenters. The van der Waals surface area contributed by atoms with Crippen LogP contribution in [0.4, 0.5) is 4.79 Å². The highest BCUT2D eigenvalue weighted by atomic mass is 16.6. The average molecular weight is 566 g/mol. The molecule has 2 aromatic rings. The molecule has 0 heterocycles. The van der Waals surface area contributed by atoms with E-state index in [9.17, 15) is 19.2 Å². The summed E-state index contributed by atoms with van der Waals surface area (Å²) in [5.74, 6) is -1.32. The fourth-order valence-electron chi connectivity index (χ4n) is 4.50. The Kier molecular flexibility index (Phi) is 10.2. The van der Waals surface area contributed by atoms with E-state index in [2.05, 4.69) is 10.6 Å². The number of esters is 1. The molecule has 1 aliphatic carbocycles. The quantitative estimate of drug-likeness (QED) is 0.409. The Morgan fingerprint density at radius 3 is 1.93 bits per heavy atom. The lowest BCUT2D eigenvalue weighted by molar-refractivity contribution is -0.159. The van der Waals surface area contributed by atoms with Gasteiger partial charge in [-0.2, -0.15) is 0 Å². The molecule has 0 bridgehead atoms. The average Bonchev–Trinajstić information content (AvgIpc) is 3.59. The highest BCUT2D eigenvalue weighted by Gasteiger charge is 2.47. The van der Waals surface area contributed by atoms with Crippen molar-refractivity contribution in [2.24, 2.45) is 5.92 Å². The summed E-state index contributed by atoms with van der Waals surface area (Å²) in [6.07, 6.45) is 0.217. The largest absolute Gasteiger partial charge is 0.458 e. The van der Waals surface area contributed by atoms with Crippen molar-refractivity contribution in [3.05, 3.63) is 71.8 Å². The summed E-state index contributed by atoms with van der Waals surface area (Å²) < 4.78 is 10.9. The van der Waals surface area contributed by atoms with E-state index in [1.807, 2.05) is 43.3 Å². The van der Waals surface area contributed by atoms with Crippen molar-refractivity contribution < 1.29 is 28.7 Å². The monoisotopic (exact) mass is 565 g/mol. The van der Waals surface area contributed by atoms with Gasteiger partial charge < -0.3 is 25.0 Å². The van der Waals surface area contributed by atoms with Crippen molar-refractivity contribution in [3.63, 3.8) is 0 Å². The maximum Gasteiger partial charge on any atom is 0.408 e. The highest BCUT2D eigenvalue weighted by molar-refractivity contribution is 5.93. The highest BCUT2D eigenvalue weighted by Crippen LogP contribution is 2.40. The Morgan fingerprint density at radius 1 is 0.878 bits per heavy atom. The Labute approximate surface area is 243 Å². The number of rotatable bonds is 10. The molecule has 0 aromatic heterocycles. The normalized spacial score (nSPS) is 17.9. The van der Waals surface area contributed by atoms with Crippen molar-refractivity contribution in [2.75, 3.05) is 6.54 Å². The minimum absolute atomic E-state index is 0.172. The second kappa shape index (κ2) is 13.2. The molecule has 3 rings (SSSR count). The molecule has 3 amide bonds. The first-order valence-electron chi connectivity index (χ1n) is 14.0. The van der Waals surface area contributed by atoms with Crippen LogP contribution in [0, 0.1) is 5.92 Å². The van der Waals surface area contributed by atoms with Crippen LogP contribution in [0.15, 0.2) is 60.7 Å². The van der Waals surface area contributed by atoms with Crippen LogP contribution in [-0.4, -0.2) is 58.6 Å². The number of carbonyl (C=O) groups is 4. The molecule has 41 heavy (non-hydrogen) atoms. The lowest BCUT2D eigenvalue weighted by Gasteiger charge is -2.33. The first-order valence-corrected chi connectivity index (χ1v) is 14.0. The number of hydrogen-bond donors (Lipinski definition) is 2. The summed E-state index contributed by atoms with van der Waals surface area (Å²) in [6, 6.07) is 16.1. The van der Waals surface area contributed by atoms with Crippen molar-refractivity contribution in [3.8, 4) is 0 Å². The summed E-state index contributed by atoms with van der Waals surface area (Å²) in [7, 11) is 0. The zero-order valence-electron chi connectivity index (χ0n) is 25.1. The third kappa shape index (κ3) is 9.92. The van der Waals surface area contributed by atoms with Crippen molar-refractivity contribution in [1.82, 2.24) is 15.5 Å². The summed E-state index contributed by atoms with van der Waals surface area (Å²) in [6.45, 7) is 12.2. The molecule has 1 fully saturated rings. The number of amides is 3. The lowest BCUT2D eigenvalue weighted by atomic mass is 10.0. The maximum atomic E-state index is 14.1. The van der Waals surface area contributed by atoms with Gasteiger partial charge in [-0.3, -0.25) is 9.59 Å². The summed E-state index contributed by atoms with van der Waals surface area (Å²) >= 11 is 0. The SMILES string of the molecule is CC1CC1N(C(=O)CNC(=O)OC(C)(C)C)C(C(=O)NC(Cc1ccccc1)C(=O)OC(C)(C)C)c1ccccc1. The minimum atomic E-state index is -1.03. The number of nitrogens with zero attached hydrogens (tertiary/aromatic N) is 1. The predicted molar refractivity (Wildman–Crippen MR) is 156 cm³/mol. The fourth-order valence-corrected chi connectivity index (χ4v) is 4.50. The fraction of sp³-hybridized carbons (Fsp3) is 0.500.